The second-order valence-electron chi connectivity index (χ2n) is 2.39. The van der Waals surface area contributed by atoms with Gasteiger partial charge in [-0.1, -0.05) is 0 Å². The number of amides is 2. The summed E-state index contributed by atoms with van der Waals surface area (Å²) in [5, 5.41) is 12.0. The molecule has 0 spiro atoms. The summed E-state index contributed by atoms with van der Waals surface area (Å²) in [5.41, 5.74) is -4.35. The Morgan fingerprint density at radius 2 is 1.81 bits per heavy atom. The van der Waals surface area contributed by atoms with E-state index in [9.17, 15) is 22.8 Å². The maximum Gasteiger partial charge on any atom is 0.441 e. The number of carbonyl (C=O) groups excluding carboxylic acids is 2. The van der Waals surface area contributed by atoms with Gasteiger partial charge in [0.05, 0.1) is 6.07 Å². The van der Waals surface area contributed by atoms with Crippen LogP contribution in [0, 0.1) is 11.3 Å². The molecule has 0 heterocycles. The maximum absolute atomic E-state index is 11.6. The van der Waals surface area contributed by atoms with E-state index in [-0.39, 0.29) is 30.6 Å². The summed E-state index contributed by atoms with van der Waals surface area (Å²) in [6.07, 6.45) is 0. The van der Waals surface area contributed by atoms with Crippen molar-refractivity contribution in [2.45, 2.75) is 5.51 Å². The van der Waals surface area contributed by atoms with E-state index < -0.39 is 17.3 Å². The third-order valence-corrected chi connectivity index (χ3v) is 1.92. The summed E-state index contributed by atoms with van der Waals surface area (Å²) in [6, 6.07) is 1.58. The number of hydrogen-bond donors (Lipinski definition) is 2. The lowest BCUT2D eigenvalue weighted by atomic mass is 10.5. The van der Waals surface area contributed by atoms with Crippen molar-refractivity contribution >= 4 is 23.6 Å². The number of nitrogens with zero attached hydrogens (tertiary/aromatic N) is 1. The molecule has 0 unspecified atom stereocenters. The van der Waals surface area contributed by atoms with Crippen LogP contribution in [0.3, 0.4) is 0 Å². The SMILES string of the molecule is N#CCNC(=O)C(=O)NCCSC(F)(F)F. The van der Waals surface area contributed by atoms with Gasteiger partial charge in [0.15, 0.2) is 0 Å². The molecule has 0 bridgehead atoms. The Kier molecular flexibility index (Phi) is 6.32. The lowest BCUT2D eigenvalue weighted by Crippen LogP contribution is -2.40. The fraction of sp³-hybridized carbons (Fsp3) is 0.571. The first-order chi connectivity index (χ1) is 7.37. The van der Waals surface area contributed by atoms with Crippen LogP contribution in [-0.2, 0) is 9.59 Å². The normalized spacial score (nSPS) is 10.4. The first-order valence-corrected chi connectivity index (χ1v) is 4.99. The predicted molar refractivity (Wildman–Crippen MR) is 50.1 cm³/mol. The number of hydrogen-bond acceptors (Lipinski definition) is 4. The average Bonchev–Trinajstić information content (AvgIpc) is 2.19. The van der Waals surface area contributed by atoms with Gasteiger partial charge in [0.1, 0.15) is 6.54 Å². The minimum atomic E-state index is -4.35. The van der Waals surface area contributed by atoms with Crippen molar-refractivity contribution in [1.82, 2.24) is 10.6 Å². The molecule has 0 aromatic rings. The van der Waals surface area contributed by atoms with Crippen molar-refractivity contribution in [2.24, 2.45) is 0 Å². The van der Waals surface area contributed by atoms with Crippen molar-refractivity contribution in [2.75, 3.05) is 18.8 Å². The largest absolute Gasteiger partial charge is 0.441 e. The standard InChI is InChI=1S/C7H8F3N3O2S/c8-7(9,10)16-4-3-13-6(15)5(14)12-2-1-11/h2-4H2,(H,12,14)(H,13,15). The molecule has 0 aliphatic rings. The fourth-order valence-corrected chi connectivity index (χ4v) is 1.05. The zero-order valence-corrected chi connectivity index (χ0v) is 8.74. The summed E-state index contributed by atoms with van der Waals surface area (Å²) in [4.78, 5) is 21.6. The van der Waals surface area contributed by atoms with Gasteiger partial charge in [0, 0.05) is 12.3 Å². The van der Waals surface area contributed by atoms with Crippen LogP contribution < -0.4 is 10.6 Å². The van der Waals surface area contributed by atoms with Crippen molar-refractivity contribution in [3.05, 3.63) is 0 Å². The molecule has 0 atom stereocenters. The van der Waals surface area contributed by atoms with Crippen molar-refractivity contribution in [3.63, 3.8) is 0 Å². The van der Waals surface area contributed by atoms with E-state index >= 15 is 0 Å². The molecular formula is C7H8F3N3O2S. The van der Waals surface area contributed by atoms with Crippen molar-refractivity contribution in [3.8, 4) is 6.07 Å². The van der Waals surface area contributed by atoms with E-state index in [2.05, 4.69) is 0 Å². The molecule has 5 nitrogen and oxygen atoms in total. The topological polar surface area (TPSA) is 82.0 Å². The molecule has 0 fully saturated rings. The van der Waals surface area contributed by atoms with Gasteiger partial charge in [-0.15, -0.1) is 0 Å². The lowest BCUT2D eigenvalue weighted by molar-refractivity contribution is -0.138. The van der Waals surface area contributed by atoms with Gasteiger partial charge in [-0.2, -0.15) is 18.4 Å². The minimum absolute atomic E-state index is 0.275. The summed E-state index contributed by atoms with van der Waals surface area (Å²) in [6.45, 7) is -0.605. The minimum Gasteiger partial charge on any atom is -0.347 e. The molecule has 2 amide bonds. The van der Waals surface area contributed by atoms with E-state index in [0.717, 1.165) is 0 Å². The molecule has 0 aliphatic carbocycles. The van der Waals surface area contributed by atoms with Crippen LogP contribution in [0.5, 0.6) is 0 Å². The Hall–Kier alpha value is -1.43. The number of carbonyl (C=O) groups is 2. The monoisotopic (exact) mass is 255 g/mol. The molecular weight excluding hydrogens is 247 g/mol. The number of alkyl halides is 3. The molecule has 0 aromatic carbocycles. The molecule has 90 valence electrons. The van der Waals surface area contributed by atoms with Crippen LogP contribution in [0.2, 0.25) is 0 Å². The van der Waals surface area contributed by atoms with Crippen LogP contribution in [0.4, 0.5) is 13.2 Å². The van der Waals surface area contributed by atoms with Crippen LogP contribution in [0.1, 0.15) is 0 Å². The molecule has 16 heavy (non-hydrogen) atoms. The number of rotatable bonds is 4. The Bertz CT molecular complexity index is 300. The van der Waals surface area contributed by atoms with Gasteiger partial charge in [0.2, 0.25) is 0 Å². The maximum atomic E-state index is 11.6. The molecule has 9 heteroatoms. The molecule has 2 N–H and O–H groups in total. The average molecular weight is 255 g/mol. The second-order valence-corrected chi connectivity index (χ2v) is 3.55. The van der Waals surface area contributed by atoms with E-state index in [4.69, 9.17) is 5.26 Å². The van der Waals surface area contributed by atoms with Crippen LogP contribution in [0.15, 0.2) is 0 Å². The van der Waals surface area contributed by atoms with Crippen molar-refractivity contribution in [1.29, 1.82) is 5.26 Å². The molecule has 0 saturated heterocycles. The van der Waals surface area contributed by atoms with Gasteiger partial charge in [-0.25, -0.2) is 0 Å². The molecule has 0 radical (unpaired) electrons. The fourth-order valence-electron chi connectivity index (χ4n) is 0.612. The van der Waals surface area contributed by atoms with E-state index in [1.54, 1.807) is 6.07 Å². The number of thioether (sulfide) groups is 1. The third-order valence-electron chi connectivity index (χ3n) is 1.19. The zero-order chi connectivity index (χ0) is 12.6. The van der Waals surface area contributed by atoms with Gasteiger partial charge < -0.3 is 10.6 Å². The third kappa shape index (κ3) is 7.93. The second kappa shape index (κ2) is 6.95. The Labute approximate surface area is 93.4 Å². The van der Waals surface area contributed by atoms with Crippen LogP contribution in [-0.4, -0.2) is 36.2 Å². The smallest absolute Gasteiger partial charge is 0.347 e. The highest BCUT2D eigenvalue weighted by molar-refractivity contribution is 8.00. The van der Waals surface area contributed by atoms with E-state index in [1.165, 1.54) is 0 Å². The van der Waals surface area contributed by atoms with Gasteiger partial charge >= 0.3 is 17.3 Å². The molecule has 0 aliphatic heterocycles. The Morgan fingerprint density at radius 3 is 2.31 bits per heavy atom. The van der Waals surface area contributed by atoms with Crippen LogP contribution in [0.25, 0.3) is 0 Å². The molecule has 0 rings (SSSR count). The van der Waals surface area contributed by atoms with Gasteiger partial charge in [-0.3, -0.25) is 9.59 Å². The summed E-state index contributed by atoms with van der Waals surface area (Å²) in [7, 11) is 0. The first kappa shape index (κ1) is 14.6. The number of nitriles is 1. The molecule has 0 saturated carbocycles. The highest BCUT2D eigenvalue weighted by Gasteiger charge is 2.27. The predicted octanol–water partition coefficient (Wildman–Crippen LogP) is -0.00462. The van der Waals surface area contributed by atoms with Crippen molar-refractivity contribution < 1.29 is 22.8 Å². The van der Waals surface area contributed by atoms with E-state index in [0.29, 0.717) is 0 Å². The van der Waals surface area contributed by atoms with Gasteiger partial charge in [0.25, 0.3) is 0 Å². The highest BCUT2D eigenvalue weighted by atomic mass is 32.2. The first-order valence-electron chi connectivity index (χ1n) is 4.00. The van der Waals surface area contributed by atoms with Gasteiger partial charge in [-0.05, 0) is 11.8 Å². The Morgan fingerprint density at radius 1 is 1.25 bits per heavy atom. The highest BCUT2D eigenvalue weighted by Crippen LogP contribution is 2.29. The van der Waals surface area contributed by atoms with E-state index in [1.807, 2.05) is 10.6 Å². The summed E-state index contributed by atoms with van der Waals surface area (Å²) in [5.74, 6) is -2.47. The summed E-state index contributed by atoms with van der Waals surface area (Å²) < 4.78 is 34.9. The molecule has 0 aromatic heterocycles. The quantitative estimate of drug-likeness (QED) is 0.420. The Balaban J connectivity index is 3.66. The summed E-state index contributed by atoms with van der Waals surface area (Å²) >= 11 is -0.294. The number of nitrogens with one attached hydrogen (secondary N) is 2. The van der Waals surface area contributed by atoms with Crippen LogP contribution >= 0.6 is 11.8 Å². The zero-order valence-electron chi connectivity index (χ0n) is 7.93. The lowest BCUT2D eigenvalue weighted by Gasteiger charge is -2.06. The number of halogens is 3.